The van der Waals surface area contributed by atoms with Gasteiger partial charge >= 0.3 is 6.01 Å². The van der Waals surface area contributed by atoms with Crippen LogP contribution in [0.25, 0.3) is 0 Å². The van der Waals surface area contributed by atoms with Crippen molar-refractivity contribution in [3.05, 3.63) is 70.6 Å². The van der Waals surface area contributed by atoms with Crippen molar-refractivity contribution in [1.82, 2.24) is 14.5 Å². The number of ether oxygens (including phenoxy) is 1. The first-order chi connectivity index (χ1) is 15.4. The van der Waals surface area contributed by atoms with Crippen molar-refractivity contribution in [2.45, 2.75) is 19.3 Å². The molecule has 0 saturated heterocycles. The minimum Gasteiger partial charge on any atom is -0.425 e. The highest BCUT2D eigenvalue weighted by Gasteiger charge is 2.40. The summed E-state index contributed by atoms with van der Waals surface area (Å²) in [6.45, 7) is 0.306. The third kappa shape index (κ3) is 4.14. The molecule has 8 nitrogen and oxygen atoms in total. The van der Waals surface area contributed by atoms with Gasteiger partial charge in [-0.25, -0.2) is 4.39 Å². The predicted molar refractivity (Wildman–Crippen MR) is 116 cm³/mol. The molecule has 10 heteroatoms. The number of anilines is 1. The molecule has 4 rings (SSSR count). The number of hydrogen-bond acceptors (Lipinski definition) is 6. The second kappa shape index (κ2) is 9.15. The number of carbonyl (C=O) groups is 1. The van der Waals surface area contributed by atoms with Crippen molar-refractivity contribution in [1.29, 1.82) is 0 Å². The molecule has 0 bridgehead atoms. The largest absolute Gasteiger partial charge is 0.425 e. The Kier molecular flexibility index (Phi) is 6.31. The lowest BCUT2D eigenvalue weighted by molar-refractivity contribution is 0.00112. The highest BCUT2D eigenvalue weighted by atomic mass is 35.5. The van der Waals surface area contributed by atoms with Crippen molar-refractivity contribution in [2.24, 2.45) is 0 Å². The maximum absolute atomic E-state index is 13.9. The van der Waals surface area contributed by atoms with Gasteiger partial charge in [0.15, 0.2) is 11.5 Å². The summed E-state index contributed by atoms with van der Waals surface area (Å²) >= 11 is 5.76. The normalized spacial score (nSPS) is 15.8. The second-order valence-corrected chi connectivity index (χ2v) is 7.76. The van der Waals surface area contributed by atoms with Gasteiger partial charge in [0.25, 0.3) is 5.91 Å². The number of carbonyl (C=O) groups excluding carboxylic acids is 1. The number of halogens is 2. The van der Waals surface area contributed by atoms with E-state index in [-0.39, 0.29) is 48.0 Å². The van der Waals surface area contributed by atoms with Crippen molar-refractivity contribution in [3.63, 3.8) is 0 Å². The Labute approximate surface area is 189 Å². The van der Waals surface area contributed by atoms with Crippen LogP contribution >= 0.6 is 11.6 Å². The molecule has 0 aliphatic carbocycles. The number of hydrogen-bond donors (Lipinski definition) is 2. The van der Waals surface area contributed by atoms with E-state index in [0.717, 1.165) is 11.6 Å². The van der Waals surface area contributed by atoms with E-state index in [2.05, 4.69) is 4.98 Å². The minimum atomic E-state index is -1.25. The van der Waals surface area contributed by atoms with Crippen LogP contribution in [0.3, 0.4) is 0 Å². The Morgan fingerprint density at radius 2 is 1.97 bits per heavy atom. The number of aromatic nitrogens is 2. The number of imidazole rings is 1. The molecule has 0 radical (unpaired) electrons. The zero-order valence-corrected chi connectivity index (χ0v) is 18.0. The molecule has 1 aliphatic rings. The molecular formula is C22H22ClFN4O4. The quantitative estimate of drug-likeness (QED) is 0.563. The van der Waals surface area contributed by atoms with Crippen molar-refractivity contribution < 1.29 is 24.1 Å². The molecule has 1 aromatic heterocycles. The zero-order chi connectivity index (χ0) is 22.8. The lowest BCUT2D eigenvalue weighted by atomic mass is 10.2. The fourth-order valence-electron chi connectivity index (χ4n) is 3.53. The van der Waals surface area contributed by atoms with Gasteiger partial charge in [-0.05, 0) is 24.1 Å². The van der Waals surface area contributed by atoms with Gasteiger partial charge < -0.3 is 19.8 Å². The van der Waals surface area contributed by atoms with E-state index in [4.69, 9.17) is 16.3 Å². The lowest BCUT2D eigenvalue weighted by Crippen LogP contribution is -2.54. The second-order valence-electron chi connectivity index (χ2n) is 7.35. The van der Waals surface area contributed by atoms with Crippen LogP contribution < -0.4 is 9.64 Å². The van der Waals surface area contributed by atoms with Crippen LogP contribution in [-0.2, 0) is 6.54 Å². The van der Waals surface area contributed by atoms with Gasteiger partial charge in [-0.3, -0.25) is 14.3 Å². The average molecular weight is 461 g/mol. The Bertz CT molecular complexity index is 1120. The summed E-state index contributed by atoms with van der Waals surface area (Å²) in [7, 11) is 1.60. The summed E-state index contributed by atoms with van der Waals surface area (Å²) in [6, 6.07) is 13.5. The van der Waals surface area contributed by atoms with Gasteiger partial charge in [0, 0.05) is 26.3 Å². The third-order valence-corrected chi connectivity index (χ3v) is 5.48. The zero-order valence-electron chi connectivity index (χ0n) is 17.3. The van der Waals surface area contributed by atoms with E-state index in [1.807, 2.05) is 30.3 Å². The van der Waals surface area contributed by atoms with Gasteiger partial charge in [-0.2, -0.15) is 4.98 Å². The smallest absolute Gasteiger partial charge is 0.304 e. The molecule has 2 heterocycles. The summed E-state index contributed by atoms with van der Waals surface area (Å²) in [5.41, 5.74) is 1.12. The number of aliphatic hydroxyl groups is 2. The van der Waals surface area contributed by atoms with Crippen LogP contribution in [0.15, 0.2) is 48.5 Å². The molecule has 32 heavy (non-hydrogen) atoms. The Morgan fingerprint density at radius 1 is 1.22 bits per heavy atom. The van der Waals surface area contributed by atoms with Gasteiger partial charge in [0.1, 0.15) is 11.6 Å². The first-order valence-electron chi connectivity index (χ1n) is 10.0. The summed E-state index contributed by atoms with van der Waals surface area (Å²) < 4.78 is 21.4. The van der Waals surface area contributed by atoms with Crippen LogP contribution in [0.5, 0.6) is 11.8 Å². The Hall–Kier alpha value is -3.14. The van der Waals surface area contributed by atoms with Crippen LogP contribution in [0.4, 0.5) is 10.2 Å². The molecule has 1 aliphatic heterocycles. The summed E-state index contributed by atoms with van der Waals surface area (Å²) in [4.78, 5) is 20.5. The highest BCUT2D eigenvalue weighted by Crippen LogP contribution is 2.35. The summed E-state index contributed by atoms with van der Waals surface area (Å²) in [6.07, 6.45) is -0.936. The highest BCUT2D eigenvalue weighted by molar-refractivity contribution is 6.30. The maximum atomic E-state index is 13.9. The number of nitrogens with zero attached hydrogens (tertiary/aromatic N) is 4. The number of amides is 1. The third-order valence-electron chi connectivity index (χ3n) is 5.18. The van der Waals surface area contributed by atoms with E-state index in [0.29, 0.717) is 6.42 Å². The average Bonchev–Trinajstić information content (AvgIpc) is 3.13. The molecule has 0 spiro atoms. The fourth-order valence-corrected chi connectivity index (χ4v) is 3.65. The van der Waals surface area contributed by atoms with Crippen LogP contribution in [0.1, 0.15) is 22.5 Å². The standard InChI is InChI=1S/C22H22ClFN4O4/c1-26-19-18(20(30)27(22(26)31)10-5-11-29)28(13-14-6-3-2-4-7-14)21(25-19)32-15-8-9-16(23)17(24)12-15/h2-4,6-9,12,22,29,31H,5,10-11,13H2,1H3. The van der Waals surface area contributed by atoms with Gasteiger partial charge in [0.05, 0.1) is 11.6 Å². The molecule has 3 aromatic rings. The van der Waals surface area contributed by atoms with Gasteiger partial charge in [-0.1, -0.05) is 41.9 Å². The molecule has 1 amide bonds. The maximum Gasteiger partial charge on any atom is 0.304 e. The molecule has 2 aromatic carbocycles. The lowest BCUT2D eigenvalue weighted by Gasteiger charge is -2.38. The fraction of sp³-hybridized carbons (Fsp3) is 0.273. The van der Waals surface area contributed by atoms with Crippen molar-refractivity contribution >= 4 is 23.3 Å². The van der Waals surface area contributed by atoms with E-state index in [1.54, 1.807) is 11.6 Å². The van der Waals surface area contributed by atoms with Gasteiger partial charge in [-0.15, -0.1) is 0 Å². The van der Waals surface area contributed by atoms with Crippen LogP contribution in [0, 0.1) is 5.82 Å². The molecule has 0 saturated carbocycles. The first-order valence-corrected chi connectivity index (χ1v) is 10.4. The monoisotopic (exact) mass is 460 g/mol. The number of rotatable bonds is 7. The van der Waals surface area contributed by atoms with Crippen LogP contribution in [-0.4, -0.2) is 57.1 Å². The van der Waals surface area contributed by atoms with Crippen LogP contribution in [0.2, 0.25) is 5.02 Å². The number of aliphatic hydroxyl groups excluding tert-OH is 2. The van der Waals surface area contributed by atoms with Gasteiger partial charge in [0.2, 0.25) is 6.35 Å². The Balaban J connectivity index is 1.80. The minimum absolute atomic E-state index is 0.0400. The SMILES string of the molecule is CN1c2nc(Oc3ccc(Cl)c(F)c3)n(Cc3ccccc3)c2C(=O)N(CCCO)C1O. The molecule has 168 valence electrons. The van der Waals surface area contributed by atoms with E-state index in [9.17, 15) is 19.4 Å². The molecular weight excluding hydrogens is 439 g/mol. The molecule has 1 unspecified atom stereocenters. The number of benzene rings is 2. The van der Waals surface area contributed by atoms with E-state index >= 15 is 0 Å². The number of fused-ring (bicyclic) bond motifs is 1. The topological polar surface area (TPSA) is 91.1 Å². The van der Waals surface area contributed by atoms with E-state index < -0.39 is 18.1 Å². The molecule has 0 fully saturated rings. The summed E-state index contributed by atoms with van der Waals surface area (Å²) in [5, 5.41) is 19.8. The Morgan fingerprint density at radius 3 is 2.66 bits per heavy atom. The summed E-state index contributed by atoms with van der Waals surface area (Å²) in [5.74, 6) is -0.687. The molecule has 2 N–H and O–H groups in total. The molecule has 1 atom stereocenters. The van der Waals surface area contributed by atoms with Crippen molar-refractivity contribution in [3.8, 4) is 11.8 Å². The predicted octanol–water partition coefficient (Wildman–Crippen LogP) is 3.07. The van der Waals surface area contributed by atoms with Crippen molar-refractivity contribution in [2.75, 3.05) is 25.1 Å². The first kappa shape index (κ1) is 22.1. The van der Waals surface area contributed by atoms with E-state index in [1.165, 1.54) is 21.9 Å².